The predicted octanol–water partition coefficient (Wildman–Crippen LogP) is 1.47. The molecule has 2 aromatic rings. The molecule has 164 valence electrons. The minimum absolute atomic E-state index is 0.227. The second kappa shape index (κ2) is 12.9. The summed E-state index contributed by atoms with van der Waals surface area (Å²) in [4.78, 5) is 15.3. The van der Waals surface area contributed by atoms with E-state index in [0.29, 0.717) is 0 Å². The van der Waals surface area contributed by atoms with Gasteiger partial charge in [0.15, 0.2) is 4.31 Å². The number of hydrogen-bond donors (Lipinski definition) is 6. The van der Waals surface area contributed by atoms with E-state index >= 15 is 0 Å². The second-order valence-electron chi connectivity index (χ2n) is 6.67. The van der Waals surface area contributed by atoms with Gasteiger partial charge in [-0.1, -0.05) is 60.7 Å². The standard InChI is InChI=1S/C19H24O4.O5P2/c20-13-18(14-21,15-22)19(23,11-16-7-3-1-4-8-16)12-17-9-5-2-6-10-17;1-6(2)5-7(3)4/h1-10,20-23H,11-15H2;/p+2. The topological polar surface area (TPSA) is 165 Å². The predicted molar refractivity (Wildman–Crippen MR) is 110 cm³/mol. The Bertz CT molecular complexity index is 721. The highest BCUT2D eigenvalue weighted by Gasteiger charge is 2.49. The highest BCUT2D eigenvalue weighted by molar-refractivity contribution is 7.46. The fourth-order valence-electron chi connectivity index (χ4n) is 2.96. The first-order valence-corrected chi connectivity index (χ1v) is 11.1. The van der Waals surface area contributed by atoms with Crippen molar-refractivity contribution in [1.82, 2.24) is 0 Å². The van der Waals surface area contributed by atoms with Gasteiger partial charge in [0.2, 0.25) is 0 Å². The Morgan fingerprint density at radius 1 is 0.700 bits per heavy atom. The van der Waals surface area contributed by atoms with Crippen LogP contribution in [0.2, 0.25) is 0 Å². The molecule has 2 unspecified atom stereocenters. The lowest BCUT2D eigenvalue weighted by Crippen LogP contribution is -2.58. The third kappa shape index (κ3) is 7.89. The van der Waals surface area contributed by atoms with Gasteiger partial charge in [0, 0.05) is 22.0 Å². The summed E-state index contributed by atoms with van der Waals surface area (Å²) in [6.07, 6.45) is 0.453. The molecule has 0 fully saturated rings. The van der Waals surface area contributed by atoms with E-state index in [1.54, 1.807) is 0 Å². The molecule has 2 rings (SSSR count). The van der Waals surface area contributed by atoms with Crippen LogP contribution in [0.15, 0.2) is 60.7 Å². The van der Waals surface area contributed by atoms with Gasteiger partial charge in [-0.15, -0.1) is 9.79 Å². The number of rotatable bonds is 10. The molecular weight excluding hydrogens is 434 g/mol. The Hall–Kier alpha value is -1.64. The molecule has 0 aliphatic heterocycles. The van der Waals surface area contributed by atoms with Crippen molar-refractivity contribution in [1.29, 1.82) is 0 Å². The van der Waals surface area contributed by atoms with Crippen LogP contribution < -0.4 is 0 Å². The van der Waals surface area contributed by atoms with E-state index in [1.165, 1.54) is 0 Å². The van der Waals surface area contributed by atoms with Gasteiger partial charge < -0.3 is 20.4 Å². The van der Waals surface area contributed by atoms with Crippen LogP contribution in [0.25, 0.3) is 0 Å². The van der Waals surface area contributed by atoms with E-state index < -0.39 is 47.3 Å². The summed E-state index contributed by atoms with van der Waals surface area (Å²) in [7, 11) is -5.85. The molecule has 0 heterocycles. The smallest absolute Gasteiger partial charge is 0.395 e. The SMILES string of the molecule is O=[P+](O)O[P+](=O)O.OCC(CO)(CO)C(O)(Cc1ccccc1)Cc1ccccc1. The van der Waals surface area contributed by atoms with Crippen LogP contribution in [-0.4, -0.2) is 55.6 Å². The maximum Gasteiger partial charge on any atom is 0.745 e. The first-order chi connectivity index (χ1) is 14.2. The lowest BCUT2D eigenvalue weighted by Gasteiger charge is -2.44. The summed E-state index contributed by atoms with van der Waals surface area (Å²) < 4.78 is 22.2. The van der Waals surface area contributed by atoms with E-state index in [-0.39, 0.29) is 12.8 Å². The van der Waals surface area contributed by atoms with Crippen LogP contribution in [0.4, 0.5) is 0 Å². The zero-order valence-electron chi connectivity index (χ0n) is 16.1. The minimum atomic E-state index is -2.92. The fourth-order valence-corrected chi connectivity index (χ4v) is 3.43. The Kier molecular flexibility index (Phi) is 11.4. The minimum Gasteiger partial charge on any atom is -0.395 e. The second-order valence-corrected chi connectivity index (χ2v) is 8.27. The van der Waals surface area contributed by atoms with Crippen molar-refractivity contribution in [3.8, 4) is 0 Å². The van der Waals surface area contributed by atoms with Crippen molar-refractivity contribution in [2.24, 2.45) is 5.41 Å². The third-order valence-electron chi connectivity index (χ3n) is 4.71. The normalized spacial score (nSPS) is 12.6. The molecule has 0 bridgehead atoms. The molecule has 0 amide bonds. The molecule has 11 heteroatoms. The molecular formula is C19H26O9P2+2. The highest BCUT2D eigenvalue weighted by atomic mass is 31.2. The molecule has 9 nitrogen and oxygen atoms in total. The maximum atomic E-state index is 11.3. The average molecular weight is 460 g/mol. The Balaban J connectivity index is 0.000000553. The zero-order chi connectivity index (χ0) is 22.6. The summed E-state index contributed by atoms with van der Waals surface area (Å²) in [5, 5.41) is 40.7. The van der Waals surface area contributed by atoms with Crippen LogP contribution in [0.3, 0.4) is 0 Å². The van der Waals surface area contributed by atoms with Gasteiger partial charge in [0.05, 0.1) is 30.8 Å². The summed E-state index contributed by atoms with van der Waals surface area (Å²) in [6.45, 7) is -1.51. The van der Waals surface area contributed by atoms with Crippen LogP contribution in [0, 0.1) is 5.41 Å². The maximum absolute atomic E-state index is 11.3. The fraction of sp³-hybridized carbons (Fsp3) is 0.368. The van der Waals surface area contributed by atoms with E-state index in [4.69, 9.17) is 9.79 Å². The van der Waals surface area contributed by atoms with Crippen molar-refractivity contribution in [2.75, 3.05) is 19.8 Å². The van der Waals surface area contributed by atoms with E-state index in [9.17, 15) is 29.6 Å². The summed E-state index contributed by atoms with van der Waals surface area (Å²) in [6, 6.07) is 18.8. The van der Waals surface area contributed by atoms with E-state index in [1.807, 2.05) is 60.7 Å². The van der Waals surface area contributed by atoms with Gasteiger partial charge in [0.1, 0.15) is 0 Å². The van der Waals surface area contributed by atoms with Crippen LogP contribution in [-0.2, 0) is 26.3 Å². The molecule has 30 heavy (non-hydrogen) atoms. The molecule has 0 radical (unpaired) electrons. The van der Waals surface area contributed by atoms with Crippen molar-refractivity contribution in [3.63, 3.8) is 0 Å². The van der Waals surface area contributed by atoms with Crippen LogP contribution >= 0.6 is 16.5 Å². The van der Waals surface area contributed by atoms with E-state index in [0.717, 1.165) is 11.1 Å². The lowest BCUT2D eigenvalue weighted by atomic mass is 9.67. The van der Waals surface area contributed by atoms with Gasteiger partial charge in [-0.3, -0.25) is 0 Å². The third-order valence-corrected chi connectivity index (χ3v) is 5.83. The monoisotopic (exact) mass is 460 g/mol. The molecule has 2 aromatic carbocycles. The van der Waals surface area contributed by atoms with Crippen molar-refractivity contribution < 1.29 is 43.7 Å². The summed E-state index contributed by atoms with van der Waals surface area (Å²) >= 11 is 0. The van der Waals surface area contributed by atoms with Crippen molar-refractivity contribution >= 4 is 16.5 Å². The molecule has 6 N–H and O–H groups in total. The molecule has 0 aromatic heterocycles. The van der Waals surface area contributed by atoms with Gasteiger partial charge in [0.25, 0.3) is 0 Å². The quantitative estimate of drug-likeness (QED) is 0.288. The number of benzene rings is 2. The first kappa shape index (κ1) is 26.4. The van der Waals surface area contributed by atoms with Gasteiger partial charge in [-0.25, -0.2) is 0 Å². The molecule has 2 atom stereocenters. The zero-order valence-corrected chi connectivity index (χ0v) is 17.9. The first-order valence-electron chi connectivity index (χ1n) is 8.85. The Morgan fingerprint density at radius 3 is 1.27 bits per heavy atom. The van der Waals surface area contributed by atoms with Crippen LogP contribution in [0.1, 0.15) is 11.1 Å². The highest BCUT2D eigenvalue weighted by Crippen LogP contribution is 2.37. The largest absolute Gasteiger partial charge is 0.745 e. The Labute approximate surface area is 176 Å². The average Bonchev–Trinajstić information content (AvgIpc) is 2.70. The van der Waals surface area contributed by atoms with Crippen molar-refractivity contribution in [3.05, 3.63) is 71.8 Å². The van der Waals surface area contributed by atoms with E-state index in [2.05, 4.69) is 4.31 Å². The molecule has 0 aliphatic carbocycles. The van der Waals surface area contributed by atoms with Crippen molar-refractivity contribution in [2.45, 2.75) is 18.4 Å². The van der Waals surface area contributed by atoms with Gasteiger partial charge in [-0.2, -0.15) is 0 Å². The van der Waals surface area contributed by atoms with Crippen LogP contribution in [0.5, 0.6) is 0 Å². The van der Waals surface area contributed by atoms with Gasteiger partial charge >= 0.3 is 16.5 Å². The summed E-state index contributed by atoms with van der Waals surface area (Å²) in [5.74, 6) is 0. The Morgan fingerprint density at radius 2 is 1.03 bits per heavy atom. The number of aliphatic hydroxyl groups excluding tert-OH is 3. The number of aliphatic hydroxyl groups is 4. The lowest BCUT2D eigenvalue weighted by molar-refractivity contribution is -0.152. The molecule has 0 saturated carbocycles. The molecule has 0 saturated heterocycles. The molecule has 0 spiro atoms. The molecule has 0 aliphatic rings. The van der Waals surface area contributed by atoms with Gasteiger partial charge in [-0.05, 0) is 11.1 Å². The number of hydrogen-bond acceptors (Lipinski definition) is 7. The summed E-state index contributed by atoms with van der Waals surface area (Å²) in [5.41, 5.74) is -1.11.